The highest BCUT2D eigenvalue weighted by Gasteiger charge is 1.91. The first kappa shape index (κ1) is 10.2. The van der Waals surface area contributed by atoms with Crippen molar-refractivity contribution in [1.82, 2.24) is 0 Å². The summed E-state index contributed by atoms with van der Waals surface area (Å²) >= 11 is 0. The van der Waals surface area contributed by atoms with E-state index in [9.17, 15) is 0 Å². The minimum atomic E-state index is -0.446. The summed E-state index contributed by atoms with van der Waals surface area (Å²) in [7, 11) is 1.33. The van der Waals surface area contributed by atoms with Crippen LogP contribution in [0.1, 0.15) is 18.1 Å². The second kappa shape index (κ2) is 4.99. The lowest BCUT2D eigenvalue weighted by Gasteiger charge is -1.99. The molecule has 0 amide bonds. The fourth-order valence-corrected chi connectivity index (χ4v) is 1.99. The number of rotatable bonds is 3. The molecule has 0 aromatic heterocycles. The van der Waals surface area contributed by atoms with Crippen LogP contribution in [-0.2, 0) is 4.43 Å². The van der Waals surface area contributed by atoms with Gasteiger partial charge >= 0.3 is 0 Å². The summed E-state index contributed by atoms with van der Waals surface area (Å²) in [6.07, 6.45) is 2.20. The predicted octanol–water partition coefficient (Wildman–Crippen LogP) is 2.09. The van der Waals surface area contributed by atoms with Crippen molar-refractivity contribution in [2.24, 2.45) is 0 Å². The molecule has 0 fully saturated rings. The molecule has 0 saturated carbocycles. The maximum atomic E-state index is 5.17. The van der Waals surface area contributed by atoms with Crippen LogP contribution in [0.4, 0.5) is 0 Å². The van der Waals surface area contributed by atoms with Gasteiger partial charge in [0, 0.05) is 7.11 Å². The van der Waals surface area contributed by atoms with E-state index in [1.165, 1.54) is 16.3 Å². The maximum Gasteiger partial charge on any atom is 0.187 e. The maximum absolute atomic E-state index is 5.17. The van der Waals surface area contributed by atoms with Gasteiger partial charge < -0.3 is 4.43 Å². The van der Waals surface area contributed by atoms with Gasteiger partial charge in [-0.2, -0.15) is 0 Å². The van der Waals surface area contributed by atoms with E-state index in [2.05, 4.69) is 44.2 Å². The number of hydrogen-bond acceptors (Lipinski definition) is 1. The van der Waals surface area contributed by atoms with Crippen LogP contribution in [0.2, 0.25) is 0 Å². The average Bonchev–Trinajstić information content (AvgIpc) is 2.09. The molecular weight excluding hydrogens is 176 g/mol. The van der Waals surface area contributed by atoms with Crippen molar-refractivity contribution in [3.63, 3.8) is 0 Å². The quantitative estimate of drug-likeness (QED) is 0.666. The molecule has 1 aromatic carbocycles. The highest BCUT2D eigenvalue weighted by atomic mass is 28.2. The molecule has 0 saturated heterocycles. The number of allylic oxidation sites excluding steroid dienone is 1. The third-order valence-corrected chi connectivity index (χ3v) is 2.81. The second-order valence-electron chi connectivity index (χ2n) is 3.33. The van der Waals surface area contributed by atoms with Gasteiger partial charge in [0.1, 0.15) is 0 Å². The van der Waals surface area contributed by atoms with Gasteiger partial charge in [-0.1, -0.05) is 41.1 Å². The Bertz CT molecular complexity index is 287. The van der Waals surface area contributed by atoms with Crippen molar-refractivity contribution in [1.29, 1.82) is 0 Å². The van der Waals surface area contributed by atoms with Crippen LogP contribution in [0.25, 0.3) is 6.08 Å². The van der Waals surface area contributed by atoms with Gasteiger partial charge in [-0.25, -0.2) is 0 Å². The van der Waals surface area contributed by atoms with Crippen molar-refractivity contribution in [3.8, 4) is 0 Å². The summed E-state index contributed by atoms with van der Waals surface area (Å²) in [4.78, 5) is 0. The lowest BCUT2D eigenvalue weighted by molar-refractivity contribution is 0.447. The van der Waals surface area contributed by atoms with Crippen molar-refractivity contribution >= 4 is 15.8 Å². The minimum absolute atomic E-state index is 0.446. The van der Waals surface area contributed by atoms with Crippen LogP contribution >= 0.6 is 0 Å². The van der Waals surface area contributed by atoms with Crippen molar-refractivity contribution in [2.45, 2.75) is 13.8 Å². The van der Waals surface area contributed by atoms with Crippen LogP contribution in [0.3, 0.4) is 0 Å². The van der Waals surface area contributed by atoms with E-state index in [1.807, 2.05) is 0 Å². The SMILES string of the molecule is CO[SiH2]C(C)=Cc1ccc(C)cc1. The Morgan fingerprint density at radius 3 is 2.46 bits per heavy atom. The molecule has 2 heteroatoms. The van der Waals surface area contributed by atoms with E-state index in [0.717, 1.165) is 0 Å². The zero-order valence-electron chi connectivity index (χ0n) is 8.50. The molecule has 0 atom stereocenters. The fraction of sp³-hybridized carbons (Fsp3) is 0.273. The minimum Gasteiger partial charge on any atom is -0.422 e. The highest BCUT2D eigenvalue weighted by Crippen LogP contribution is 2.07. The first-order valence-corrected chi connectivity index (χ1v) is 5.73. The average molecular weight is 192 g/mol. The largest absolute Gasteiger partial charge is 0.422 e. The number of aryl methyl sites for hydroxylation is 1. The number of hydrogen-bond donors (Lipinski definition) is 0. The van der Waals surface area contributed by atoms with Crippen LogP contribution in [0.5, 0.6) is 0 Å². The summed E-state index contributed by atoms with van der Waals surface area (Å²) in [6, 6.07) is 8.55. The number of benzene rings is 1. The fourth-order valence-electron chi connectivity index (χ4n) is 1.22. The van der Waals surface area contributed by atoms with E-state index >= 15 is 0 Å². The molecule has 0 radical (unpaired) electrons. The van der Waals surface area contributed by atoms with Crippen LogP contribution in [-0.4, -0.2) is 16.9 Å². The molecule has 0 heterocycles. The van der Waals surface area contributed by atoms with Gasteiger partial charge in [0.2, 0.25) is 0 Å². The van der Waals surface area contributed by atoms with Gasteiger partial charge in [0.15, 0.2) is 9.76 Å². The Hall–Kier alpha value is -0.863. The van der Waals surface area contributed by atoms with Gasteiger partial charge in [-0.05, 0) is 19.4 Å². The van der Waals surface area contributed by atoms with Crippen LogP contribution in [0, 0.1) is 6.92 Å². The van der Waals surface area contributed by atoms with Crippen LogP contribution in [0.15, 0.2) is 29.5 Å². The summed E-state index contributed by atoms with van der Waals surface area (Å²) in [6.45, 7) is 4.24. The van der Waals surface area contributed by atoms with E-state index in [-0.39, 0.29) is 0 Å². The van der Waals surface area contributed by atoms with Gasteiger partial charge in [0.25, 0.3) is 0 Å². The Balaban J connectivity index is 2.73. The molecule has 0 spiro atoms. The van der Waals surface area contributed by atoms with Gasteiger partial charge in [0.05, 0.1) is 0 Å². The first-order chi connectivity index (χ1) is 6.22. The standard InChI is InChI=1S/C11H16OSi/c1-9-4-6-11(7-5-9)8-10(2)13-12-3/h4-8H,13H2,1-3H3. The molecule has 13 heavy (non-hydrogen) atoms. The normalized spacial score (nSPS) is 12.7. The zero-order chi connectivity index (χ0) is 9.68. The van der Waals surface area contributed by atoms with Crippen LogP contribution < -0.4 is 0 Å². The topological polar surface area (TPSA) is 9.23 Å². The summed E-state index contributed by atoms with van der Waals surface area (Å²) in [5.74, 6) is 0. The molecule has 1 rings (SSSR count). The van der Waals surface area contributed by atoms with Crippen molar-refractivity contribution in [2.75, 3.05) is 7.11 Å². The molecule has 0 N–H and O–H groups in total. The molecule has 0 bridgehead atoms. The monoisotopic (exact) mass is 192 g/mol. The summed E-state index contributed by atoms with van der Waals surface area (Å²) in [5.41, 5.74) is 2.58. The molecule has 0 aliphatic heterocycles. The smallest absolute Gasteiger partial charge is 0.187 e. The molecule has 1 nitrogen and oxygen atoms in total. The predicted molar refractivity (Wildman–Crippen MR) is 60.4 cm³/mol. The Labute approximate surface area is 82.4 Å². The molecule has 1 aromatic rings. The summed E-state index contributed by atoms with van der Waals surface area (Å²) < 4.78 is 5.17. The molecule has 0 unspecified atom stereocenters. The Morgan fingerprint density at radius 2 is 1.92 bits per heavy atom. The first-order valence-electron chi connectivity index (χ1n) is 4.45. The lowest BCUT2D eigenvalue weighted by Crippen LogP contribution is -1.94. The molecule has 0 aliphatic rings. The summed E-state index contributed by atoms with van der Waals surface area (Å²) in [5, 5.41) is 1.38. The molecule has 70 valence electrons. The molecule has 0 aliphatic carbocycles. The third kappa shape index (κ3) is 3.57. The van der Waals surface area contributed by atoms with E-state index in [0.29, 0.717) is 0 Å². The van der Waals surface area contributed by atoms with E-state index in [1.54, 1.807) is 7.11 Å². The second-order valence-corrected chi connectivity index (χ2v) is 5.32. The van der Waals surface area contributed by atoms with Crippen molar-refractivity contribution in [3.05, 3.63) is 40.6 Å². The lowest BCUT2D eigenvalue weighted by atomic mass is 10.1. The van der Waals surface area contributed by atoms with Crippen molar-refractivity contribution < 1.29 is 4.43 Å². The third-order valence-electron chi connectivity index (χ3n) is 1.86. The zero-order valence-corrected chi connectivity index (χ0v) is 9.92. The Morgan fingerprint density at radius 1 is 1.31 bits per heavy atom. The van der Waals surface area contributed by atoms with E-state index < -0.39 is 9.76 Å². The van der Waals surface area contributed by atoms with Gasteiger partial charge in [-0.3, -0.25) is 0 Å². The highest BCUT2D eigenvalue weighted by molar-refractivity contribution is 6.39. The van der Waals surface area contributed by atoms with E-state index in [4.69, 9.17) is 4.43 Å². The Kier molecular flexibility index (Phi) is 3.93. The molecular formula is C11H16OSi. The van der Waals surface area contributed by atoms with Gasteiger partial charge in [-0.15, -0.1) is 0 Å².